The van der Waals surface area contributed by atoms with Crippen LogP contribution in [0, 0.1) is 5.92 Å². The van der Waals surface area contributed by atoms with Gasteiger partial charge in [-0.25, -0.2) is 9.13 Å². The Bertz CT molecular complexity index is 1810. The minimum atomic E-state index is -4.95. The summed E-state index contributed by atoms with van der Waals surface area (Å²) in [5.74, 6) is -1.31. The van der Waals surface area contributed by atoms with E-state index in [2.05, 4.69) is 34.6 Å². The molecule has 19 heteroatoms. The summed E-state index contributed by atoms with van der Waals surface area (Å²) in [7, 11) is -9.90. The number of aliphatic hydroxyl groups excluding tert-OH is 1. The number of phosphoric acid groups is 2. The molecule has 94 heavy (non-hydrogen) atoms. The van der Waals surface area contributed by atoms with Crippen LogP contribution in [0.1, 0.15) is 394 Å². The van der Waals surface area contributed by atoms with Crippen molar-refractivity contribution in [3.8, 4) is 0 Å². The third-order valence-corrected chi connectivity index (χ3v) is 19.4. The molecule has 0 aliphatic carbocycles. The Balaban J connectivity index is 5.20. The van der Waals surface area contributed by atoms with Crippen LogP contribution in [0.3, 0.4) is 0 Å². The van der Waals surface area contributed by atoms with Crippen LogP contribution in [0.5, 0.6) is 0 Å². The van der Waals surface area contributed by atoms with Gasteiger partial charge in [0.05, 0.1) is 26.4 Å². The van der Waals surface area contributed by atoms with E-state index in [4.69, 9.17) is 37.0 Å². The van der Waals surface area contributed by atoms with Gasteiger partial charge in [-0.3, -0.25) is 37.3 Å². The van der Waals surface area contributed by atoms with E-state index >= 15 is 0 Å². The van der Waals surface area contributed by atoms with E-state index in [1.54, 1.807) is 0 Å². The van der Waals surface area contributed by atoms with Gasteiger partial charge in [0.2, 0.25) is 0 Å². The van der Waals surface area contributed by atoms with Crippen molar-refractivity contribution in [1.82, 2.24) is 0 Å². The van der Waals surface area contributed by atoms with Crippen LogP contribution in [0.4, 0.5) is 0 Å². The molecule has 0 aliphatic heterocycles. The summed E-state index contributed by atoms with van der Waals surface area (Å²) >= 11 is 0. The maximum Gasteiger partial charge on any atom is 0.472 e. The fourth-order valence-corrected chi connectivity index (χ4v) is 13.1. The Kier molecular flexibility index (Phi) is 66.8. The van der Waals surface area contributed by atoms with Crippen molar-refractivity contribution in [2.45, 2.75) is 412 Å². The second kappa shape index (κ2) is 68.2. The van der Waals surface area contributed by atoms with Crippen molar-refractivity contribution < 1.29 is 80.2 Å². The molecule has 0 aromatic heterocycles. The van der Waals surface area contributed by atoms with Crippen LogP contribution in [0.2, 0.25) is 0 Å². The molecular formula is C75H146O17P2. The molecule has 3 N–H and O–H groups in total. The fraction of sp³-hybridized carbons (Fsp3) is 0.947. The smallest absolute Gasteiger partial charge is 0.462 e. The molecule has 0 fully saturated rings. The zero-order valence-corrected chi connectivity index (χ0v) is 62.9. The number of unbranched alkanes of at least 4 members (excludes halogenated alkanes) is 47. The highest BCUT2D eigenvalue weighted by molar-refractivity contribution is 7.47. The minimum absolute atomic E-state index is 0.108. The van der Waals surface area contributed by atoms with Gasteiger partial charge >= 0.3 is 39.5 Å². The first-order chi connectivity index (χ1) is 45.5. The lowest BCUT2D eigenvalue weighted by molar-refractivity contribution is -0.161. The van der Waals surface area contributed by atoms with Gasteiger partial charge in [0, 0.05) is 25.7 Å². The molecule has 0 bridgehead atoms. The highest BCUT2D eigenvalue weighted by atomic mass is 31.2. The summed E-state index contributed by atoms with van der Waals surface area (Å²) in [5, 5.41) is 10.6. The van der Waals surface area contributed by atoms with Gasteiger partial charge in [-0.05, 0) is 31.6 Å². The van der Waals surface area contributed by atoms with E-state index in [1.807, 2.05) is 0 Å². The highest BCUT2D eigenvalue weighted by Crippen LogP contribution is 2.45. The predicted molar refractivity (Wildman–Crippen MR) is 382 cm³/mol. The maximum atomic E-state index is 13.1. The molecule has 5 atom stereocenters. The second-order valence-corrected chi connectivity index (χ2v) is 30.4. The largest absolute Gasteiger partial charge is 0.472 e. The summed E-state index contributed by atoms with van der Waals surface area (Å²) in [5.41, 5.74) is 0. The van der Waals surface area contributed by atoms with E-state index in [9.17, 15) is 43.2 Å². The Morgan fingerprint density at radius 2 is 0.489 bits per heavy atom. The molecule has 0 saturated carbocycles. The van der Waals surface area contributed by atoms with Crippen LogP contribution in [-0.4, -0.2) is 96.7 Å². The van der Waals surface area contributed by atoms with Crippen LogP contribution >= 0.6 is 15.6 Å². The van der Waals surface area contributed by atoms with E-state index < -0.39 is 97.5 Å². The third kappa shape index (κ3) is 68.6. The molecule has 0 aliphatic rings. The SMILES string of the molecule is CCCCCCCCCCCCCCCCC(=O)OC[C@H](COP(=O)(O)OC[C@@H](O)COP(=O)(O)OC[C@@H](COC(=O)CCCCCCCCCC)OC(=O)CCCCCCCCCCCCCCC)OC(=O)CCCCCCCCCCCCCCCCCCC(C)C. The van der Waals surface area contributed by atoms with Gasteiger partial charge in [-0.15, -0.1) is 0 Å². The molecule has 17 nitrogen and oxygen atoms in total. The summed E-state index contributed by atoms with van der Waals surface area (Å²) in [6, 6.07) is 0. The summed E-state index contributed by atoms with van der Waals surface area (Å²) in [4.78, 5) is 72.7. The minimum Gasteiger partial charge on any atom is -0.462 e. The van der Waals surface area contributed by atoms with Crippen molar-refractivity contribution in [2.75, 3.05) is 39.6 Å². The average molecular weight is 1380 g/mol. The highest BCUT2D eigenvalue weighted by Gasteiger charge is 2.30. The molecule has 0 aromatic carbocycles. The van der Waals surface area contributed by atoms with Gasteiger partial charge in [0.25, 0.3) is 0 Å². The predicted octanol–water partition coefficient (Wildman–Crippen LogP) is 22.1. The zero-order valence-electron chi connectivity index (χ0n) is 61.1. The second-order valence-electron chi connectivity index (χ2n) is 27.5. The van der Waals surface area contributed by atoms with E-state index in [1.165, 1.54) is 212 Å². The number of hydrogen-bond donors (Lipinski definition) is 3. The Morgan fingerprint density at radius 3 is 0.723 bits per heavy atom. The molecule has 0 saturated heterocycles. The lowest BCUT2D eigenvalue weighted by atomic mass is 10.0. The van der Waals surface area contributed by atoms with Crippen molar-refractivity contribution in [1.29, 1.82) is 0 Å². The number of esters is 4. The molecule has 0 spiro atoms. The van der Waals surface area contributed by atoms with Gasteiger partial charge < -0.3 is 33.8 Å². The normalized spacial score (nSPS) is 14.0. The molecule has 0 amide bonds. The van der Waals surface area contributed by atoms with Crippen LogP contribution in [0.25, 0.3) is 0 Å². The molecular weight excluding hydrogens is 1230 g/mol. The van der Waals surface area contributed by atoms with Gasteiger partial charge in [-0.1, -0.05) is 343 Å². The molecule has 2 unspecified atom stereocenters. The third-order valence-electron chi connectivity index (χ3n) is 17.5. The molecule has 0 heterocycles. The van der Waals surface area contributed by atoms with Crippen molar-refractivity contribution >= 4 is 39.5 Å². The van der Waals surface area contributed by atoms with E-state index in [-0.39, 0.29) is 25.7 Å². The first-order valence-electron chi connectivity index (χ1n) is 39.1. The quantitative estimate of drug-likeness (QED) is 0.0222. The number of ether oxygens (including phenoxy) is 4. The van der Waals surface area contributed by atoms with Crippen molar-refractivity contribution in [2.24, 2.45) is 5.92 Å². The Hall–Kier alpha value is -1.94. The monoisotopic (exact) mass is 1380 g/mol. The molecule has 0 aromatic rings. The summed E-state index contributed by atoms with van der Waals surface area (Å²) in [6.07, 6.45) is 56.8. The first kappa shape index (κ1) is 92.1. The lowest BCUT2D eigenvalue weighted by Crippen LogP contribution is -2.30. The summed E-state index contributed by atoms with van der Waals surface area (Å²) < 4.78 is 68.4. The number of phosphoric ester groups is 2. The zero-order chi connectivity index (χ0) is 69.1. The number of hydrogen-bond acceptors (Lipinski definition) is 15. The number of carbonyl (C=O) groups is 4. The number of aliphatic hydroxyl groups is 1. The number of rotatable bonds is 75. The Morgan fingerprint density at radius 1 is 0.287 bits per heavy atom. The van der Waals surface area contributed by atoms with Gasteiger partial charge in [0.1, 0.15) is 19.3 Å². The molecule has 0 radical (unpaired) electrons. The van der Waals surface area contributed by atoms with Crippen LogP contribution < -0.4 is 0 Å². The standard InChI is InChI=1S/C75H146O17P2/c1-6-9-12-15-18-21-23-25-32-35-39-44-49-54-59-73(78)86-65-71(92-75(80)61-56-51-46-41-37-33-29-27-26-28-31-34-38-42-47-52-57-68(4)5)67-90-94(83,84)88-63-69(76)62-87-93(81,82)89-66-70(64-85-72(77)58-53-48-43-20-17-14-11-8-3)91-74(79)60-55-50-45-40-36-30-24-22-19-16-13-10-7-2/h68-71,76H,6-67H2,1-5H3,(H,81,82)(H,83,84)/t69-,70+,71+/m0/s1. The van der Waals surface area contributed by atoms with Crippen LogP contribution in [-0.2, 0) is 65.4 Å². The maximum absolute atomic E-state index is 13.1. The fourth-order valence-electron chi connectivity index (χ4n) is 11.5. The van der Waals surface area contributed by atoms with E-state index in [0.29, 0.717) is 25.7 Å². The van der Waals surface area contributed by atoms with Gasteiger partial charge in [0.15, 0.2) is 12.2 Å². The van der Waals surface area contributed by atoms with Crippen LogP contribution in [0.15, 0.2) is 0 Å². The molecule has 0 rings (SSSR count). The number of carbonyl (C=O) groups excluding carboxylic acids is 4. The van der Waals surface area contributed by atoms with Gasteiger partial charge in [-0.2, -0.15) is 0 Å². The van der Waals surface area contributed by atoms with E-state index in [0.717, 1.165) is 102 Å². The van der Waals surface area contributed by atoms with Crippen molar-refractivity contribution in [3.63, 3.8) is 0 Å². The lowest BCUT2D eigenvalue weighted by Gasteiger charge is -2.21. The average Bonchev–Trinajstić information content (AvgIpc) is 1.09. The summed E-state index contributed by atoms with van der Waals surface area (Å²) in [6.45, 7) is 7.30. The first-order valence-corrected chi connectivity index (χ1v) is 42.1. The molecule has 558 valence electrons. The topological polar surface area (TPSA) is 237 Å². The Labute approximate surface area is 575 Å². The van der Waals surface area contributed by atoms with Crippen molar-refractivity contribution in [3.05, 3.63) is 0 Å².